The zero-order valence-corrected chi connectivity index (χ0v) is 11.9. The number of carbonyl (C=O) groups excluding carboxylic acids is 2. The second kappa shape index (κ2) is 8.12. The van der Waals surface area contributed by atoms with Crippen LogP contribution >= 0.6 is 0 Å². The molecule has 3 N–H and O–H groups in total. The maximum Gasteiger partial charge on any atom is 0.309 e. The standard InChI is InChI=1S/C13H25N3O3/c1-3-19-13(18)10(2)8-16(9-12(14)17)11-4-6-15-7-5-11/h10-11,15H,3-9H2,1-2H3,(H2,14,17). The van der Waals surface area contributed by atoms with E-state index >= 15 is 0 Å². The molecule has 1 aliphatic heterocycles. The van der Waals surface area contributed by atoms with Crippen molar-refractivity contribution >= 4 is 11.9 Å². The van der Waals surface area contributed by atoms with Crippen LogP contribution in [-0.2, 0) is 14.3 Å². The molecule has 0 aromatic rings. The van der Waals surface area contributed by atoms with Crippen LogP contribution in [0.5, 0.6) is 0 Å². The zero-order chi connectivity index (χ0) is 14.3. The molecule has 0 aromatic carbocycles. The largest absolute Gasteiger partial charge is 0.466 e. The monoisotopic (exact) mass is 271 g/mol. The molecule has 0 aliphatic carbocycles. The van der Waals surface area contributed by atoms with Gasteiger partial charge in [-0.25, -0.2) is 0 Å². The minimum atomic E-state index is -0.352. The molecular formula is C13H25N3O3. The quantitative estimate of drug-likeness (QED) is 0.622. The molecule has 0 bridgehead atoms. The molecule has 6 nitrogen and oxygen atoms in total. The number of ether oxygens (including phenoxy) is 1. The summed E-state index contributed by atoms with van der Waals surface area (Å²) >= 11 is 0. The SMILES string of the molecule is CCOC(=O)C(C)CN(CC(N)=O)C1CCNCC1. The maximum atomic E-state index is 11.7. The highest BCUT2D eigenvalue weighted by molar-refractivity contribution is 5.76. The average molecular weight is 271 g/mol. The predicted molar refractivity (Wildman–Crippen MR) is 72.5 cm³/mol. The van der Waals surface area contributed by atoms with Crippen LogP contribution in [0.25, 0.3) is 0 Å². The van der Waals surface area contributed by atoms with Gasteiger partial charge >= 0.3 is 5.97 Å². The highest BCUT2D eigenvalue weighted by Crippen LogP contribution is 2.14. The number of carbonyl (C=O) groups is 2. The molecule has 110 valence electrons. The van der Waals surface area contributed by atoms with E-state index < -0.39 is 0 Å². The highest BCUT2D eigenvalue weighted by Gasteiger charge is 2.26. The second-order valence-electron chi connectivity index (χ2n) is 5.03. The van der Waals surface area contributed by atoms with Gasteiger partial charge in [-0.2, -0.15) is 0 Å². The van der Waals surface area contributed by atoms with Gasteiger partial charge in [0.1, 0.15) is 0 Å². The summed E-state index contributed by atoms with van der Waals surface area (Å²) in [6, 6.07) is 0.311. The maximum absolute atomic E-state index is 11.7. The number of hydrogen-bond acceptors (Lipinski definition) is 5. The van der Waals surface area contributed by atoms with Gasteiger partial charge in [-0.05, 0) is 32.9 Å². The smallest absolute Gasteiger partial charge is 0.309 e. The lowest BCUT2D eigenvalue weighted by atomic mass is 10.0. The van der Waals surface area contributed by atoms with Gasteiger partial charge in [0, 0.05) is 12.6 Å². The number of rotatable bonds is 7. The fourth-order valence-electron chi connectivity index (χ4n) is 2.43. The molecule has 1 atom stereocenters. The first kappa shape index (κ1) is 15.9. The predicted octanol–water partition coefficient (Wildman–Crippen LogP) is -0.275. The van der Waals surface area contributed by atoms with Crippen molar-refractivity contribution in [1.82, 2.24) is 10.2 Å². The van der Waals surface area contributed by atoms with Gasteiger partial charge in [0.15, 0.2) is 0 Å². The Morgan fingerprint density at radius 2 is 2.05 bits per heavy atom. The lowest BCUT2D eigenvalue weighted by Gasteiger charge is -2.34. The third-order valence-corrected chi connectivity index (χ3v) is 3.38. The molecule has 1 fully saturated rings. The van der Waals surface area contributed by atoms with Crippen molar-refractivity contribution < 1.29 is 14.3 Å². The van der Waals surface area contributed by atoms with Crippen LogP contribution in [0.15, 0.2) is 0 Å². The molecule has 1 rings (SSSR count). The number of nitrogens with zero attached hydrogens (tertiary/aromatic N) is 1. The number of nitrogens with two attached hydrogens (primary N) is 1. The molecule has 6 heteroatoms. The Kier molecular flexibility index (Phi) is 6.80. The summed E-state index contributed by atoms with van der Waals surface area (Å²) in [7, 11) is 0. The topological polar surface area (TPSA) is 84.7 Å². The molecule has 1 saturated heterocycles. The van der Waals surface area contributed by atoms with Crippen molar-refractivity contribution in [3.05, 3.63) is 0 Å². The number of amides is 1. The van der Waals surface area contributed by atoms with Crippen molar-refractivity contribution in [2.24, 2.45) is 11.7 Å². The Bertz CT molecular complexity index is 304. The van der Waals surface area contributed by atoms with Crippen LogP contribution in [0.3, 0.4) is 0 Å². The normalized spacial score (nSPS) is 18.3. The van der Waals surface area contributed by atoms with E-state index in [4.69, 9.17) is 10.5 Å². The third-order valence-electron chi connectivity index (χ3n) is 3.38. The van der Waals surface area contributed by atoms with E-state index in [0.717, 1.165) is 25.9 Å². The Hall–Kier alpha value is -1.14. The van der Waals surface area contributed by atoms with Gasteiger partial charge in [-0.15, -0.1) is 0 Å². The van der Waals surface area contributed by atoms with E-state index in [-0.39, 0.29) is 24.3 Å². The van der Waals surface area contributed by atoms with E-state index in [1.165, 1.54) is 0 Å². The average Bonchev–Trinajstić information content (AvgIpc) is 2.38. The van der Waals surface area contributed by atoms with Crippen LogP contribution in [0.4, 0.5) is 0 Å². The fourth-order valence-corrected chi connectivity index (χ4v) is 2.43. The van der Waals surface area contributed by atoms with Gasteiger partial charge in [0.05, 0.1) is 19.1 Å². The Morgan fingerprint density at radius 1 is 1.42 bits per heavy atom. The summed E-state index contributed by atoms with van der Waals surface area (Å²) in [6.45, 7) is 6.60. The molecular weight excluding hydrogens is 246 g/mol. The van der Waals surface area contributed by atoms with E-state index in [1.54, 1.807) is 6.92 Å². The summed E-state index contributed by atoms with van der Waals surface area (Å²) in [5.74, 6) is -0.810. The Labute approximate surface area is 114 Å². The van der Waals surface area contributed by atoms with Crippen molar-refractivity contribution in [2.45, 2.75) is 32.7 Å². The Balaban J connectivity index is 2.57. The van der Waals surface area contributed by atoms with E-state index in [0.29, 0.717) is 19.2 Å². The minimum Gasteiger partial charge on any atom is -0.466 e. The summed E-state index contributed by atoms with van der Waals surface area (Å²) < 4.78 is 5.00. The third kappa shape index (κ3) is 5.57. The van der Waals surface area contributed by atoms with E-state index in [2.05, 4.69) is 5.32 Å². The number of primary amides is 1. The van der Waals surface area contributed by atoms with Gasteiger partial charge in [-0.3, -0.25) is 14.5 Å². The highest BCUT2D eigenvalue weighted by atomic mass is 16.5. The summed E-state index contributed by atoms with van der Waals surface area (Å²) in [4.78, 5) is 24.9. The van der Waals surface area contributed by atoms with Gasteiger partial charge in [0.2, 0.25) is 5.91 Å². The molecule has 0 radical (unpaired) electrons. The molecule has 1 aliphatic rings. The molecule has 1 unspecified atom stereocenters. The van der Waals surface area contributed by atoms with Crippen molar-refractivity contribution in [2.75, 3.05) is 32.8 Å². The number of nitrogens with one attached hydrogen (secondary N) is 1. The van der Waals surface area contributed by atoms with Crippen LogP contribution < -0.4 is 11.1 Å². The first-order valence-corrected chi connectivity index (χ1v) is 6.94. The number of hydrogen-bond donors (Lipinski definition) is 2. The lowest BCUT2D eigenvalue weighted by molar-refractivity contribution is -0.148. The van der Waals surface area contributed by atoms with Gasteiger partial charge < -0.3 is 15.8 Å². The number of piperidine rings is 1. The summed E-state index contributed by atoms with van der Waals surface area (Å²) in [5, 5.41) is 3.28. The molecule has 0 aromatic heterocycles. The van der Waals surface area contributed by atoms with Gasteiger partial charge in [0.25, 0.3) is 0 Å². The van der Waals surface area contributed by atoms with E-state index in [1.807, 2.05) is 11.8 Å². The first-order valence-electron chi connectivity index (χ1n) is 6.94. The van der Waals surface area contributed by atoms with Crippen molar-refractivity contribution in [3.8, 4) is 0 Å². The molecule has 0 spiro atoms. The summed E-state index contributed by atoms with van der Waals surface area (Å²) in [6.07, 6.45) is 1.95. The van der Waals surface area contributed by atoms with Crippen LogP contribution in [0.1, 0.15) is 26.7 Å². The molecule has 0 saturated carbocycles. The van der Waals surface area contributed by atoms with Crippen LogP contribution in [0, 0.1) is 5.92 Å². The molecule has 19 heavy (non-hydrogen) atoms. The molecule has 1 amide bonds. The van der Waals surface area contributed by atoms with Crippen LogP contribution in [0.2, 0.25) is 0 Å². The second-order valence-corrected chi connectivity index (χ2v) is 5.03. The fraction of sp³-hybridized carbons (Fsp3) is 0.846. The summed E-state index contributed by atoms with van der Waals surface area (Å²) in [5.41, 5.74) is 5.30. The van der Waals surface area contributed by atoms with E-state index in [9.17, 15) is 9.59 Å². The zero-order valence-electron chi connectivity index (χ0n) is 11.9. The number of esters is 1. The van der Waals surface area contributed by atoms with Crippen molar-refractivity contribution in [3.63, 3.8) is 0 Å². The first-order chi connectivity index (χ1) is 9.04. The van der Waals surface area contributed by atoms with Crippen LogP contribution in [-0.4, -0.2) is 55.6 Å². The molecule has 1 heterocycles. The van der Waals surface area contributed by atoms with Gasteiger partial charge in [-0.1, -0.05) is 6.92 Å². The minimum absolute atomic E-state index is 0.203. The van der Waals surface area contributed by atoms with Crippen molar-refractivity contribution in [1.29, 1.82) is 0 Å². The lowest BCUT2D eigenvalue weighted by Crippen LogP contribution is -2.48. The Morgan fingerprint density at radius 3 is 2.58 bits per heavy atom.